The van der Waals surface area contributed by atoms with Crippen LogP contribution in [0.4, 0.5) is 18.9 Å². The van der Waals surface area contributed by atoms with E-state index in [0.717, 1.165) is 12.1 Å². The maximum Gasteiger partial charge on any atom is 0.227 e. The van der Waals surface area contributed by atoms with E-state index in [9.17, 15) is 22.8 Å². The Morgan fingerprint density at radius 2 is 1.62 bits per heavy atom. The summed E-state index contributed by atoms with van der Waals surface area (Å²) >= 11 is 6.11. The van der Waals surface area contributed by atoms with Crippen molar-refractivity contribution in [2.24, 2.45) is 0 Å². The van der Waals surface area contributed by atoms with Gasteiger partial charge in [-0.15, -0.1) is 0 Å². The molecule has 0 fully saturated rings. The predicted octanol–water partition coefficient (Wildman–Crippen LogP) is 4.80. The Hall–Kier alpha value is -2.58. The van der Waals surface area contributed by atoms with Crippen LogP contribution in [0.15, 0.2) is 30.3 Å². The molecule has 3 rings (SSSR count). The van der Waals surface area contributed by atoms with Gasteiger partial charge in [-0.3, -0.25) is 9.59 Å². The van der Waals surface area contributed by atoms with Crippen molar-refractivity contribution >= 4 is 29.1 Å². The average Bonchev–Trinajstić information content (AvgIpc) is 2.79. The van der Waals surface area contributed by atoms with E-state index in [4.69, 9.17) is 11.6 Å². The molecule has 0 N–H and O–H groups in total. The number of carbonyl (C=O) groups excluding carboxylic acids is 2. The zero-order chi connectivity index (χ0) is 24.8. The van der Waals surface area contributed by atoms with Crippen LogP contribution in [0.5, 0.6) is 0 Å². The van der Waals surface area contributed by atoms with E-state index in [1.54, 1.807) is 6.92 Å². The van der Waals surface area contributed by atoms with Crippen molar-refractivity contribution in [2.75, 3.05) is 38.1 Å². The quantitative estimate of drug-likeness (QED) is 0.614. The number of halogens is 4. The Kier molecular flexibility index (Phi) is 8.97. The summed E-state index contributed by atoms with van der Waals surface area (Å²) in [5.74, 6) is -3.31. The smallest absolute Gasteiger partial charge is 0.227 e. The lowest BCUT2D eigenvalue weighted by Gasteiger charge is -2.31. The van der Waals surface area contributed by atoms with Gasteiger partial charge >= 0.3 is 0 Å². The Bertz CT molecular complexity index is 1030. The van der Waals surface area contributed by atoms with E-state index in [1.165, 1.54) is 28.0 Å². The van der Waals surface area contributed by atoms with Crippen LogP contribution in [0, 0.1) is 17.5 Å². The maximum absolute atomic E-state index is 14.3. The molecule has 0 radical (unpaired) electrons. The van der Waals surface area contributed by atoms with Crippen molar-refractivity contribution in [2.45, 2.75) is 39.2 Å². The molecule has 2 aromatic carbocycles. The van der Waals surface area contributed by atoms with Crippen molar-refractivity contribution in [3.8, 4) is 0 Å². The molecule has 5 nitrogen and oxygen atoms in total. The molecular formula is C25H29ClF3N3O2. The first-order chi connectivity index (χ1) is 16.2. The second-order valence-electron chi connectivity index (χ2n) is 8.50. The molecule has 184 valence electrons. The van der Waals surface area contributed by atoms with Crippen LogP contribution >= 0.6 is 11.6 Å². The van der Waals surface area contributed by atoms with Crippen molar-refractivity contribution < 1.29 is 22.8 Å². The van der Waals surface area contributed by atoms with Gasteiger partial charge in [0.25, 0.3) is 0 Å². The van der Waals surface area contributed by atoms with Crippen molar-refractivity contribution in [3.05, 3.63) is 63.9 Å². The molecule has 1 heterocycles. The first-order valence-electron chi connectivity index (χ1n) is 11.4. The van der Waals surface area contributed by atoms with E-state index in [0.29, 0.717) is 44.6 Å². The van der Waals surface area contributed by atoms with Crippen LogP contribution in [0.1, 0.15) is 37.3 Å². The summed E-state index contributed by atoms with van der Waals surface area (Å²) in [5.41, 5.74) is 0.656. The molecule has 34 heavy (non-hydrogen) atoms. The highest BCUT2D eigenvalue weighted by Crippen LogP contribution is 2.28. The Labute approximate surface area is 203 Å². The van der Waals surface area contributed by atoms with Gasteiger partial charge in [0.2, 0.25) is 11.8 Å². The predicted molar refractivity (Wildman–Crippen MR) is 126 cm³/mol. The van der Waals surface area contributed by atoms with Gasteiger partial charge < -0.3 is 14.7 Å². The first kappa shape index (κ1) is 26.0. The van der Waals surface area contributed by atoms with E-state index < -0.39 is 23.4 Å². The molecule has 0 saturated carbocycles. The Morgan fingerprint density at radius 3 is 2.29 bits per heavy atom. The molecule has 0 saturated heterocycles. The van der Waals surface area contributed by atoms with Crippen LogP contribution in [-0.2, 0) is 22.6 Å². The fourth-order valence-corrected chi connectivity index (χ4v) is 4.36. The summed E-state index contributed by atoms with van der Waals surface area (Å²) < 4.78 is 42.8. The first-order valence-corrected chi connectivity index (χ1v) is 11.8. The number of benzene rings is 2. The normalized spacial score (nSPS) is 15.9. The monoisotopic (exact) mass is 495 g/mol. The minimum atomic E-state index is -1.06. The number of hydrogen-bond acceptors (Lipinski definition) is 3. The van der Waals surface area contributed by atoms with Crippen LogP contribution in [-0.4, -0.2) is 54.8 Å². The topological polar surface area (TPSA) is 43.9 Å². The molecule has 2 aromatic rings. The van der Waals surface area contributed by atoms with Crippen LogP contribution in [0.25, 0.3) is 0 Å². The third-order valence-electron chi connectivity index (χ3n) is 6.01. The average molecular weight is 496 g/mol. The van der Waals surface area contributed by atoms with Crippen molar-refractivity contribution in [1.29, 1.82) is 0 Å². The third kappa shape index (κ3) is 6.30. The van der Waals surface area contributed by atoms with Gasteiger partial charge in [0.05, 0.1) is 12.1 Å². The summed E-state index contributed by atoms with van der Waals surface area (Å²) in [6.07, 6.45) is 1.24. The van der Waals surface area contributed by atoms with E-state index in [1.807, 2.05) is 7.05 Å². The zero-order valence-corrected chi connectivity index (χ0v) is 20.2. The fourth-order valence-electron chi connectivity index (χ4n) is 4.13. The lowest BCUT2D eigenvalue weighted by molar-refractivity contribution is -0.131. The molecule has 0 unspecified atom stereocenters. The number of fused-ring (bicyclic) bond motifs is 1. The van der Waals surface area contributed by atoms with Gasteiger partial charge in [-0.1, -0.05) is 24.6 Å². The zero-order valence-electron chi connectivity index (χ0n) is 19.4. The minimum Gasteiger partial charge on any atom is -0.338 e. The lowest BCUT2D eigenvalue weighted by Crippen LogP contribution is -2.38. The lowest BCUT2D eigenvalue weighted by atomic mass is 10.1. The van der Waals surface area contributed by atoms with E-state index in [-0.39, 0.29) is 41.6 Å². The molecule has 0 bridgehead atoms. The number of rotatable bonds is 3. The standard InChI is InChI=1S/C25H29ClF3N3O2/c1-3-24(33)32-12-6-10-30(2)9-5-11-31(16-17-13-21(28)22(29)15-23(17)32)25(34)14-18-19(26)7-4-8-20(18)27/h4,7-8,13,15H,3,5-6,9-12,14,16H2,1-2H3. The van der Waals surface area contributed by atoms with Gasteiger partial charge in [0.15, 0.2) is 11.6 Å². The van der Waals surface area contributed by atoms with E-state index in [2.05, 4.69) is 4.90 Å². The Balaban J connectivity index is 2.00. The van der Waals surface area contributed by atoms with Crippen molar-refractivity contribution in [3.63, 3.8) is 0 Å². The van der Waals surface area contributed by atoms with Gasteiger partial charge in [-0.2, -0.15) is 0 Å². The van der Waals surface area contributed by atoms with E-state index >= 15 is 0 Å². The summed E-state index contributed by atoms with van der Waals surface area (Å²) in [5, 5.41) is 0.149. The minimum absolute atomic E-state index is 0.0470. The molecule has 0 spiro atoms. The van der Waals surface area contributed by atoms with Crippen LogP contribution < -0.4 is 4.90 Å². The van der Waals surface area contributed by atoms with Gasteiger partial charge in [-0.05, 0) is 56.7 Å². The summed E-state index contributed by atoms with van der Waals surface area (Å²) in [7, 11) is 1.95. The largest absolute Gasteiger partial charge is 0.338 e. The second kappa shape index (κ2) is 11.7. The number of carbonyl (C=O) groups is 2. The highest BCUT2D eigenvalue weighted by atomic mass is 35.5. The van der Waals surface area contributed by atoms with Crippen molar-refractivity contribution in [1.82, 2.24) is 9.80 Å². The number of nitrogens with zero attached hydrogens (tertiary/aromatic N) is 3. The molecule has 0 aliphatic carbocycles. The summed E-state index contributed by atoms with van der Waals surface area (Å²) in [6.45, 7) is 3.73. The Morgan fingerprint density at radius 1 is 0.941 bits per heavy atom. The SMILES string of the molecule is CCC(=O)N1CCCN(C)CCCN(C(=O)Cc2c(F)cccc2Cl)Cc2cc(F)c(F)cc21. The second-order valence-corrected chi connectivity index (χ2v) is 8.90. The molecule has 2 amide bonds. The number of hydrogen-bond donors (Lipinski definition) is 0. The number of anilines is 1. The third-order valence-corrected chi connectivity index (χ3v) is 6.36. The highest BCUT2D eigenvalue weighted by molar-refractivity contribution is 6.31. The fraction of sp³-hybridized carbons (Fsp3) is 0.440. The van der Waals surface area contributed by atoms with Crippen LogP contribution in [0.2, 0.25) is 5.02 Å². The molecular weight excluding hydrogens is 467 g/mol. The van der Waals surface area contributed by atoms with Crippen LogP contribution in [0.3, 0.4) is 0 Å². The van der Waals surface area contributed by atoms with Gasteiger partial charge in [-0.25, -0.2) is 13.2 Å². The molecule has 1 aliphatic rings. The molecule has 0 aromatic heterocycles. The molecule has 0 atom stereocenters. The summed E-state index contributed by atoms with van der Waals surface area (Å²) in [4.78, 5) is 31.0. The summed E-state index contributed by atoms with van der Waals surface area (Å²) in [6, 6.07) is 6.27. The number of amides is 2. The maximum atomic E-state index is 14.3. The van der Waals surface area contributed by atoms with Gasteiger partial charge in [0.1, 0.15) is 5.82 Å². The molecule has 1 aliphatic heterocycles. The highest BCUT2D eigenvalue weighted by Gasteiger charge is 2.25. The van der Waals surface area contributed by atoms with Gasteiger partial charge in [0, 0.05) is 42.7 Å². The molecule has 9 heteroatoms.